The van der Waals surface area contributed by atoms with Crippen molar-refractivity contribution in [1.82, 2.24) is 42.2 Å². The van der Waals surface area contributed by atoms with Gasteiger partial charge in [-0.2, -0.15) is 0 Å². The Morgan fingerprint density at radius 2 is 0.986 bits per heavy atom. The molecule has 7 atom stereocenters. The highest BCUT2D eigenvalue weighted by Crippen LogP contribution is 2.20. The van der Waals surface area contributed by atoms with Crippen LogP contribution in [-0.2, 0) is 59.2 Å². The number of rotatable bonds is 13. The van der Waals surface area contributed by atoms with Crippen LogP contribution in [0.3, 0.4) is 0 Å². The number of aliphatic hydroxyl groups is 1. The molecule has 0 bridgehead atoms. The first-order valence-electron chi connectivity index (χ1n) is 25.0. The molecule has 382 valence electrons. The van der Waals surface area contributed by atoms with E-state index in [1.54, 1.807) is 6.20 Å². The number of fused-ring (bicyclic) bond motifs is 1. The molecule has 0 spiro atoms. The summed E-state index contributed by atoms with van der Waals surface area (Å²) >= 11 is 0. The number of aliphatic hydroxyl groups excluding tert-OH is 1. The second kappa shape index (κ2) is 27.9. The zero-order valence-corrected chi connectivity index (χ0v) is 40.9. The molecule has 0 unspecified atom stereocenters. The van der Waals surface area contributed by atoms with Crippen LogP contribution in [-0.4, -0.2) is 107 Å². The van der Waals surface area contributed by atoms with Gasteiger partial charge in [0, 0.05) is 55.7 Å². The lowest BCUT2D eigenvalue weighted by atomic mass is 10.00. The van der Waals surface area contributed by atoms with Crippen molar-refractivity contribution >= 4 is 52.3 Å². The van der Waals surface area contributed by atoms with Crippen LogP contribution >= 0.6 is 0 Å². The van der Waals surface area contributed by atoms with Crippen molar-refractivity contribution in [3.05, 3.63) is 144 Å². The van der Waals surface area contributed by atoms with Gasteiger partial charge in [-0.05, 0) is 73.9 Å². The summed E-state index contributed by atoms with van der Waals surface area (Å²) in [4.78, 5) is 103. The first-order valence-corrected chi connectivity index (χ1v) is 25.0. The van der Waals surface area contributed by atoms with E-state index in [-0.39, 0.29) is 51.0 Å². The second-order valence-corrected chi connectivity index (χ2v) is 18.5. The summed E-state index contributed by atoms with van der Waals surface area (Å²) in [6.07, 6.45) is 4.07. The number of benzene rings is 4. The smallest absolute Gasteiger partial charge is 0.245 e. The molecule has 0 saturated carbocycles. The molecular formula is C55H69N9O8. The van der Waals surface area contributed by atoms with Crippen LogP contribution in [0.15, 0.2) is 121 Å². The van der Waals surface area contributed by atoms with Gasteiger partial charge in [0.1, 0.15) is 36.3 Å². The van der Waals surface area contributed by atoms with E-state index in [1.807, 2.05) is 115 Å². The van der Waals surface area contributed by atoms with Crippen molar-refractivity contribution < 1.29 is 38.7 Å². The molecule has 5 aromatic rings. The van der Waals surface area contributed by atoms with Gasteiger partial charge in [0.15, 0.2) is 0 Å². The van der Waals surface area contributed by atoms with E-state index in [0.29, 0.717) is 50.6 Å². The van der Waals surface area contributed by atoms with Crippen LogP contribution in [0.5, 0.6) is 0 Å². The molecule has 1 aliphatic heterocycles. The van der Waals surface area contributed by atoms with E-state index in [4.69, 9.17) is 5.73 Å². The maximum atomic E-state index is 14.8. The monoisotopic (exact) mass is 984 g/mol. The molecule has 0 radical (unpaired) electrons. The summed E-state index contributed by atoms with van der Waals surface area (Å²) in [7, 11) is 0. The van der Waals surface area contributed by atoms with Gasteiger partial charge in [0.25, 0.3) is 0 Å². The number of para-hydroxylation sites is 1. The third-order valence-corrected chi connectivity index (χ3v) is 12.8. The van der Waals surface area contributed by atoms with Crippen LogP contribution in [0.4, 0.5) is 0 Å². The van der Waals surface area contributed by atoms with Crippen molar-refractivity contribution in [3.8, 4) is 0 Å². The maximum Gasteiger partial charge on any atom is 0.245 e. The van der Waals surface area contributed by atoms with Gasteiger partial charge in [-0.3, -0.25) is 33.6 Å². The van der Waals surface area contributed by atoms with Crippen LogP contribution in [0.25, 0.3) is 10.9 Å². The molecule has 4 aromatic carbocycles. The third kappa shape index (κ3) is 16.6. The minimum Gasteiger partial charge on any atom is -0.391 e. The fraction of sp³-hybridized carbons (Fsp3) is 0.400. The summed E-state index contributed by atoms with van der Waals surface area (Å²) in [6, 6.07) is 27.4. The zero-order chi connectivity index (χ0) is 51.2. The Bertz CT molecular complexity index is 2560. The Kier molecular flexibility index (Phi) is 20.9. The minimum atomic E-state index is -1.54. The number of carbonyl (C=O) groups excluding carboxylic acids is 7. The third-order valence-electron chi connectivity index (χ3n) is 12.8. The Morgan fingerprint density at radius 3 is 1.56 bits per heavy atom. The van der Waals surface area contributed by atoms with Gasteiger partial charge >= 0.3 is 0 Å². The van der Waals surface area contributed by atoms with Crippen molar-refractivity contribution in [2.75, 3.05) is 13.1 Å². The number of unbranched alkanes of at least 4 members (excludes halogenated alkanes) is 1. The molecule has 72 heavy (non-hydrogen) atoms. The predicted octanol–water partition coefficient (Wildman–Crippen LogP) is 2.94. The number of nitrogens with two attached hydrogens (primary N) is 1. The minimum absolute atomic E-state index is 0.0332. The average molecular weight is 984 g/mol. The lowest BCUT2D eigenvalue weighted by Gasteiger charge is -2.28. The molecule has 0 aliphatic carbocycles. The molecule has 2 heterocycles. The van der Waals surface area contributed by atoms with Gasteiger partial charge < -0.3 is 53.0 Å². The number of aromatic amines is 1. The van der Waals surface area contributed by atoms with E-state index in [1.165, 1.54) is 6.92 Å². The Morgan fingerprint density at radius 1 is 0.514 bits per heavy atom. The highest BCUT2D eigenvalue weighted by Gasteiger charge is 2.35. The van der Waals surface area contributed by atoms with E-state index in [0.717, 1.165) is 27.6 Å². The van der Waals surface area contributed by atoms with Gasteiger partial charge in [0.05, 0.1) is 6.10 Å². The summed E-state index contributed by atoms with van der Waals surface area (Å²) in [6.45, 7) is 1.92. The number of nitrogens with one attached hydrogen (secondary N) is 8. The fourth-order valence-electron chi connectivity index (χ4n) is 8.77. The zero-order valence-electron chi connectivity index (χ0n) is 40.9. The normalized spacial score (nSPS) is 22.3. The quantitative estimate of drug-likeness (QED) is 0.0777. The largest absolute Gasteiger partial charge is 0.391 e. The highest BCUT2D eigenvalue weighted by molar-refractivity contribution is 5.98. The van der Waals surface area contributed by atoms with Crippen molar-refractivity contribution in [2.45, 2.75) is 126 Å². The summed E-state index contributed by atoms with van der Waals surface area (Å²) in [5.41, 5.74) is 9.59. The molecule has 1 aliphatic rings. The number of H-pyrrole nitrogens is 1. The second-order valence-electron chi connectivity index (χ2n) is 18.5. The number of carbonyl (C=O) groups is 7. The first kappa shape index (κ1) is 54.0. The predicted molar refractivity (Wildman–Crippen MR) is 275 cm³/mol. The molecule has 1 aromatic heterocycles. The number of hydrogen-bond acceptors (Lipinski definition) is 9. The van der Waals surface area contributed by atoms with Gasteiger partial charge in [0.2, 0.25) is 41.4 Å². The van der Waals surface area contributed by atoms with Crippen LogP contribution < -0.4 is 43.0 Å². The maximum absolute atomic E-state index is 14.8. The van der Waals surface area contributed by atoms with Crippen molar-refractivity contribution in [1.29, 1.82) is 0 Å². The number of hydrogen-bond donors (Lipinski definition) is 10. The Balaban J connectivity index is 1.35. The Hall–Kier alpha value is -7.37. The standard InChI is InChI=1S/C55H69N9O8/c1-36(65)49-55(72)63-44(31-37-19-7-4-8-20-37)50(67)57-30-18-3-2-13-28-48(66)59-45(32-38-21-9-5-10-22-38)52(69)61-46(33-39-23-11-6-12-24-39)53(70)62-47(34-40-35-58-42-26-15-14-25-41(40)42)54(71)60-43(51(68)64-49)27-16-17-29-56/h4-12,14-15,19-26,35-36,43-47,49,58,65H,2-3,13,16-18,27-34,56H2,1H3,(H,57,67)(H,59,66)(H,60,71)(H,61,69)(H,62,70)(H,63,72)(H,64,68)/t36-,43+,44+,45+,46+,47-,49+/m1/s1. The number of aromatic nitrogens is 1. The topological polar surface area (TPSA) is 266 Å². The van der Waals surface area contributed by atoms with Gasteiger partial charge in [-0.25, -0.2) is 0 Å². The van der Waals surface area contributed by atoms with E-state index < -0.39 is 77.8 Å². The van der Waals surface area contributed by atoms with Crippen LogP contribution in [0, 0.1) is 0 Å². The number of amides is 7. The van der Waals surface area contributed by atoms with Crippen molar-refractivity contribution in [3.63, 3.8) is 0 Å². The molecule has 7 amide bonds. The summed E-state index contributed by atoms with van der Waals surface area (Å²) in [5, 5.41) is 31.6. The molecular weight excluding hydrogens is 915 g/mol. The average Bonchev–Trinajstić information content (AvgIpc) is 3.79. The van der Waals surface area contributed by atoms with E-state index in [2.05, 4.69) is 42.2 Å². The van der Waals surface area contributed by atoms with Crippen LogP contribution in [0.2, 0.25) is 0 Å². The highest BCUT2D eigenvalue weighted by atomic mass is 16.3. The molecule has 1 fully saturated rings. The van der Waals surface area contributed by atoms with Crippen molar-refractivity contribution in [2.24, 2.45) is 5.73 Å². The molecule has 6 rings (SSSR count). The molecule has 11 N–H and O–H groups in total. The molecule has 17 nitrogen and oxygen atoms in total. The summed E-state index contributed by atoms with van der Waals surface area (Å²) < 4.78 is 0. The summed E-state index contributed by atoms with van der Waals surface area (Å²) in [5.74, 6) is -4.44. The lowest BCUT2D eigenvalue weighted by Crippen LogP contribution is -2.61. The van der Waals surface area contributed by atoms with E-state index in [9.17, 15) is 38.7 Å². The fourth-order valence-corrected chi connectivity index (χ4v) is 8.77. The molecule has 17 heteroatoms. The van der Waals surface area contributed by atoms with E-state index >= 15 is 0 Å². The van der Waals surface area contributed by atoms with Crippen LogP contribution in [0.1, 0.15) is 80.5 Å². The lowest BCUT2D eigenvalue weighted by molar-refractivity contribution is -0.136. The van der Waals surface area contributed by atoms with Gasteiger partial charge in [-0.15, -0.1) is 0 Å². The SMILES string of the molecule is C[C@@H](O)[C@@H]1NC(=O)[C@H](CCCCN)NC(=O)[C@@H](Cc2c[nH]c3ccccc23)NC(=O)[C@H](Cc2ccccc2)NC(=O)[C@H](Cc2ccccc2)NC(=O)CCCCCCNC(=O)[C@H](Cc2ccccc2)NC1=O. The first-order chi connectivity index (χ1) is 34.9. The van der Waals surface area contributed by atoms with Gasteiger partial charge in [-0.1, -0.05) is 122 Å². The Labute approximate surface area is 420 Å². The molecule has 1 saturated heterocycles.